The third-order valence-electron chi connectivity index (χ3n) is 2.90. The topological polar surface area (TPSA) is 67.4 Å². The van der Waals surface area contributed by atoms with Gasteiger partial charge in [-0.2, -0.15) is 0 Å². The first-order valence-corrected chi connectivity index (χ1v) is 7.42. The zero-order chi connectivity index (χ0) is 16.4. The van der Waals surface area contributed by atoms with Gasteiger partial charge in [0.05, 0.1) is 6.10 Å². The van der Waals surface area contributed by atoms with E-state index in [2.05, 4.69) is 10.6 Å². The van der Waals surface area contributed by atoms with E-state index in [1.807, 2.05) is 13.8 Å². The average Bonchev–Trinajstić information content (AvgIpc) is 2.52. The number of rotatable bonds is 8. The van der Waals surface area contributed by atoms with Crippen LogP contribution in [0.5, 0.6) is 0 Å². The van der Waals surface area contributed by atoms with E-state index in [1.54, 1.807) is 37.4 Å². The van der Waals surface area contributed by atoms with Gasteiger partial charge in [-0.05, 0) is 44.0 Å². The Bertz CT molecular complexity index is 507. The molecule has 22 heavy (non-hydrogen) atoms. The van der Waals surface area contributed by atoms with Gasteiger partial charge in [-0.25, -0.2) is 0 Å². The summed E-state index contributed by atoms with van der Waals surface area (Å²) in [4.78, 5) is 23.0. The second-order valence-electron chi connectivity index (χ2n) is 5.10. The van der Waals surface area contributed by atoms with Crippen molar-refractivity contribution in [2.24, 2.45) is 0 Å². The monoisotopic (exact) mass is 304 g/mol. The van der Waals surface area contributed by atoms with Crippen LogP contribution in [0.4, 0.5) is 0 Å². The molecule has 0 saturated heterocycles. The molecule has 1 rings (SSSR count). The van der Waals surface area contributed by atoms with E-state index in [1.165, 1.54) is 6.08 Å². The summed E-state index contributed by atoms with van der Waals surface area (Å²) in [6.07, 6.45) is 4.21. The first-order chi connectivity index (χ1) is 10.5. The maximum Gasteiger partial charge on any atom is 0.251 e. The highest BCUT2D eigenvalue weighted by Crippen LogP contribution is 2.06. The van der Waals surface area contributed by atoms with Crippen molar-refractivity contribution in [3.8, 4) is 0 Å². The van der Waals surface area contributed by atoms with Crippen LogP contribution in [0.15, 0.2) is 30.3 Å². The molecule has 0 aliphatic carbocycles. The first kappa shape index (κ1) is 17.9. The minimum atomic E-state index is -0.139. The molecule has 0 aliphatic rings. The lowest BCUT2D eigenvalue weighted by atomic mass is 10.1. The molecule has 120 valence electrons. The summed E-state index contributed by atoms with van der Waals surface area (Å²) < 4.78 is 5.39. The molecule has 0 saturated carbocycles. The van der Waals surface area contributed by atoms with Crippen LogP contribution in [0.3, 0.4) is 0 Å². The van der Waals surface area contributed by atoms with E-state index in [4.69, 9.17) is 4.74 Å². The molecule has 0 heterocycles. The van der Waals surface area contributed by atoms with E-state index in [0.29, 0.717) is 18.7 Å². The largest absolute Gasteiger partial charge is 0.379 e. The zero-order valence-corrected chi connectivity index (χ0v) is 13.4. The number of amides is 2. The number of hydrogen-bond acceptors (Lipinski definition) is 3. The molecule has 0 bridgehead atoms. The average molecular weight is 304 g/mol. The predicted octanol–water partition coefficient (Wildman–Crippen LogP) is 1.99. The second kappa shape index (κ2) is 9.73. The van der Waals surface area contributed by atoms with Gasteiger partial charge in [0.1, 0.15) is 0 Å². The van der Waals surface area contributed by atoms with E-state index < -0.39 is 0 Å². The van der Waals surface area contributed by atoms with Crippen LogP contribution in [0.25, 0.3) is 6.08 Å². The molecule has 5 nitrogen and oxygen atoms in total. The van der Waals surface area contributed by atoms with Crippen LogP contribution in [-0.2, 0) is 9.53 Å². The predicted molar refractivity (Wildman–Crippen MR) is 87.6 cm³/mol. The molecule has 0 aliphatic heterocycles. The Morgan fingerprint density at radius 1 is 1.23 bits per heavy atom. The van der Waals surface area contributed by atoms with Gasteiger partial charge in [0.2, 0.25) is 5.91 Å². The number of carbonyl (C=O) groups excluding carboxylic acids is 2. The standard InChI is InChI=1S/C17H24N2O3/c1-13(2)22-12-4-11-19-16(20)10-7-14-5-8-15(9-6-14)17(21)18-3/h5-10,13H,4,11-12H2,1-3H3,(H,18,21)(H,19,20)/b10-7+. The van der Waals surface area contributed by atoms with Gasteiger partial charge in [0.25, 0.3) is 5.91 Å². The van der Waals surface area contributed by atoms with Gasteiger partial charge >= 0.3 is 0 Å². The molecule has 0 radical (unpaired) electrons. The lowest BCUT2D eigenvalue weighted by molar-refractivity contribution is -0.116. The molecule has 2 N–H and O–H groups in total. The highest BCUT2D eigenvalue weighted by molar-refractivity contribution is 5.94. The Morgan fingerprint density at radius 3 is 2.50 bits per heavy atom. The zero-order valence-electron chi connectivity index (χ0n) is 13.4. The Hall–Kier alpha value is -2.14. The van der Waals surface area contributed by atoms with Crippen LogP contribution in [-0.4, -0.2) is 38.1 Å². The Kier molecular flexibility index (Phi) is 7.92. The van der Waals surface area contributed by atoms with Crippen molar-refractivity contribution < 1.29 is 14.3 Å². The summed E-state index contributed by atoms with van der Waals surface area (Å²) in [5.74, 6) is -0.267. The van der Waals surface area contributed by atoms with Crippen molar-refractivity contribution in [1.82, 2.24) is 10.6 Å². The third-order valence-corrected chi connectivity index (χ3v) is 2.90. The highest BCUT2D eigenvalue weighted by atomic mass is 16.5. The van der Waals surface area contributed by atoms with Crippen LogP contribution in [0.1, 0.15) is 36.2 Å². The van der Waals surface area contributed by atoms with Crippen LogP contribution < -0.4 is 10.6 Å². The van der Waals surface area contributed by atoms with Gasteiger partial charge in [-0.15, -0.1) is 0 Å². The summed E-state index contributed by atoms with van der Waals surface area (Å²) in [6, 6.07) is 7.04. The van der Waals surface area contributed by atoms with E-state index in [-0.39, 0.29) is 17.9 Å². The van der Waals surface area contributed by atoms with Gasteiger partial charge in [0.15, 0.2) is 0 Å². The van der Waals surface area contributed by atoms with Crippen molar-refractivity contribution in [2.75, 3.05) is 20.2 Å². The van der Waals surface area contributed by atoms with Gasteiger partial charge in [-0.3, -0.25) is 9.59 Å². The fourth-order valence-electron chi connectivity index (χ4n) is 1.72. The number of benzene rings is 1. The first-order valence-electron chi connectivity index (χ1n) is 7.42. The molecule has 0 aromatic heterocycles. The molecule has 1 aromatic rings. The highest BCUT2D eigenvalue weighted by Gasteiger charge is 2.01. The normalized spacial score (nSPS) is 10.9. The lowest BCUT2D eigenvalue weighted by Crippen LogP contribution is -2.23. The van der Waals surface area contributed by atoms with Crippen LogP contribution in [0.2, 0.25) is 0 Å². The number of carbonyl (C=O) groups is 2. The Labute approximate surface area is 131 Å². The SMILES string of the molecule is CNC(=O)c1ccc(/C=C/C(=O)NCCCOC(C)C)cc1. The molecule has 0 unspecified atom stereocenters. The van der Waals surface area contributed by atoms with Crippen molar-refractivity contribution in [1.29, 1.82) is 0 Å². The maximum absolute atomic E-state index is 11.6. The molecule has 0 spiro atoms. The van der Waals surface area contributed by atoms with Crippen molar-refractivity contribution in [3.05, 3.63) is 41.5 Å². The van der Waals surface area contributed by atoms with Gasteiger partial charge < -0.3 is 15.4 Å². The quantitative estimate of drug-likeness (QED) is 0.570. The van der Waals surface area contributed by atoms with Gasteiger partial charge in [0, 0.05) is 31.8 Å². The summed E-state index contributed by atoms with van der Waals surface area (Å²) in [5.41, 5.74) is 1.46. The molecule has 0 fully saturated rings. The molecule has 0 atom stereocenters. The third kappa shape index (κ3) is 7.04. The number of nitrogens with one attached hydrogen (secondary N) is 2. The van der Waals surface area contributed by atoms with E-state index >= 15 is 0 Å². The van der Waals surface area contributed by atoms with Crippen molar-refractivity contribution in [2.45, 2.75) is 26.4 Å². The Balaban J connectivity index is 2.34. The molecule has 2 amide bonds. The fraction of sp³-hybridized carbons (Fsp3) is 0.412. The fourth-order valence-corrected chi connectivity index (χ4v) is 1.72. The summed E-state index contributed by atoms with van der Waals surface area (Å²) in [7, 11) is 1.59. The van der Waals surface area contributed by atoms with Crippen LogP contribution >= 0.6 is 0 Å². The van der Waals surface area contributed by atoms with E-state index in [9.17, 15) is 9.59 Å². The summed E-state index contributed by atoms with van der Waals surface area (Å²) in [5, 5.41) is 5.36. The van der Waals surface area contributed by atoms with Crippen molar-refractivity contribution in [3.63, 3.8) is 0 Å². The maximum atomic E-state index is 11.6. The number of ether oxygens (including phenoxy) is 1. The number of hydrogen-bond donors (Lipinski definition) is 2. The Morgan fingerprint density at radius 2 is 1.91 bits per heavy atom. The smallest absolute Gasteiger partial charge is 0.251 e. The summed E-state index contributed by atoms with van der Waals surface area (Å²) >= 11 is 0. The lowest BCUT2D eigenvalue weighted by Gasteiger charge is -2.07. The molecule has 5 heteroatoms. The molecular weight excluding hydrogens is 280 g/mol. The second-order valence-corrected chi connectivity index (χ2v) is 5.10. The molecular formula is C17H24N2O3. The van der Waals surface area contributed by atoms with E-state index in [0.717, 1.165) is 12.0 Å². The molecule has 1 aromatic carbocycles. The van der Waals surface area contributed by atoms with Crippen LogP contribution in [0, 0.1) is 0 Å². The van der Waals surface area contributed by atoms with Gasteiger partial charge in [-0.1, -0.05) is 12.1 Å². The minimum Gasteiger partial charge on any atom is -0.379 e. The summed E-state index contributed by atoms with van der Waals surface area (Å²) in [6.45, 7) is 5.20. The minimum absolute atomic E-state index is 0.128. The van der Waals surface area contributed by atoms with Crippen molar-refractivity contribution >= 4 is 17.9 Å².